The molecule has 2 heteroatoms. The Morgan fingerprint density at radius 3 is 2.38 bits per heavy atom. The molecule has 1 aromatic heterocycles. The largest absolute Gasteiger partial charge is 0.320 e. The molecular formula is C22H36N2. The van der Waals surface area contributed by atoms with Crippen molar-refractivity contribution in [1.29, 1.82) is 0 Å². The van der Waals surface area contributed by atoms with Crippen LogP contribution in [0, 0.1) is 0 Å². The van der Waals surface area contributed by atoms with Crippen LogP contribution in [0.15, 0.2) is 29.4 Å². The Labute approximate surface area is 148 Å². The summed E-state index contributed by atoms with van der Waals surface area (Å²) in [5.74, 6) is 0. The van der Waals surface area contributed by atoms with Gasteiger partial charge in [0.1, 0.15) is 5.49 Å². The summed E-state index contributed by atoms with van der Waals surface area (Å²) < 4.78 is 2.43. The maximum Gasteiger partial charge on any atom is 0.140 e. The predicted molar refractivity (Wildman–Crippen MR) is 107 cm³/mol. The molecule has 0 unspecified atom stereocenters. The van der Waals surface area contributed by atoms with Crippen molar-refractivity contribution in [1.82, 2.24) is 4.57 Å². The van der Waals surface area contributed by atoms with Gasteiger partial charge >= 0.3 is 0 Å². The summed E-state index contributed by atoms with van der Waals surface area (Å²) in [6, 6.07) is 4.27. The first-order valence-electron chi connectivity index (χ1n) is 9.62. The molecule has 1 aliphatic rings. The van der Waals surface area contributed by atoms with E-state index in [1.807, 2.05) is 20.8 Å². The van der Waals surface area contributed by atoms with Crippen molar-refractivity contribution in [3.8, 4) is 0 Å². The number of hydrogen-bond acceptors (Lipinski definition) is 1. The van der Waals surface area contributed by atoms with Crippen LogP contribution in [0.1, 0.15) is 79.6 Å². The zero-order valence-corrected chi connectivity index (χ0v) is 16.5. The van der Waals surface area contributed by atoms with Crippen molar-refractivity contribution in [2.24, 2.45) is 4.99 Å². The van der Waals surface area contributed by atoms with E-state index < -0.39 is 0 Å². The number of rotatable bonds is 4. The van der Waals surface area contributed by atoms with Crippen LogP contribution in [0.25, 0.3) is 12.7 Å². The second-order valence-electron chi connectivity index (χ2n) is 6.61. The van der Waals surface area contributed by atoms with Crippen LogP contribution in [-0.4, -0.2) is 4.57 Å². The molecule has 1 aliphatic carbocycles. The fraction of sp³-hybridized carbons (Fsp3) is 0.591. The highest BCUT2D eigenvalue weighted by Gasteiger charge is 2.33. The van der Waals surface area contributed by atoms with Crippen molar-refractivity contribution in [2.75, 3.05) is 0 Å². The van der Waals surface area contributed by atoms with Crippen molar-refractivity contribution in [3.63, 3.8) is 0 Å². The Bertz CT molecular complexity index is 695. The molecule has 0 aliphatic heterocycles. The van der Waals surface area contributed by atoms with E-state index in [9.17, 15) is 0 Å². The van der Waals surface area contributed by atoms with E-state index in [4.69, 9.17) is 4.99 Å². The molecule has 1 aromatic rings. The second-order valence-corrected chi connectivity index (χ2v) is 6.61. The van der Waals surface area contributed by atoms with Crippen molar-refractivity contribution in [2.45, 2.75) is 85.1 Å². The summed E-state index contributed by atoms with van der Waals surface area (Å²) >= 11 is 0. The number of allylic oxidation sites excluding steroid dienone is 1. The van der Waals surface area contributed by atoms with Gasteiger partial charge in [0.05, 0.1) is 0 Å². The fourth-order valence-electron chi connectivity index (χ4n) is 3.91. The molecule has 0 aromatic carbocycles. The topological polar surface area (TPSA) is 17.3 Å². The van der Waals surface area contributed by atoms with Gasteiger partial charge in [-0.1, -0.05) is 65.7 Å². The minimum absolute atomic E-state index is 0.178. The highest BCUT2D eigenvalue weighted by Crippen LogP contribution is 2.36. The zero-order valence-electron chi connectivity index (χ0n) is 16.5. The Hall–Kier alpha value is -1.57. The van der Waals surface area contributed by atoms with E-state index >= 15 is 0 Å². The van der Waals surface area contributed by atoms with E-state index in [1.165, 1.54) is 50.2 Å². The van der Waals surface area contributed by atoms with Gasteiger partial charge < -0.3 is 4.57 Å². The monoisotopic (exact) mass is 328 g/mol. The third-order valence-corrected chi connectivity index (χ3v) is 4.79. The van der Waals surface area contributed by atoms with Crippen LogP contribution in [0.2, 0.25) is 0 Å². The number of aromatic nitrogens is 1. The highest BCUT2D eigenvalue weighted by atomic mass is 15.1. The Kier molecular flexibility index (Phi) is 8.24. The van der Waals surface area contributed by atoms with Crippen LogP contribution >= 0.6 is 0 Å². The molecule has 134 valence electrons. The van der Waals surface area contributed by atoms with E-state index in [-0.39, 0.29) is 5.54 Å². The molecule has 1 heterocycles. The van der Waals surface area contributed by atoms with E-state index in [0.29, 0.717) is 0 Å². The summed E-state index contributed by atoms with van der Waals surface area (Å²) in [7, 11) is 0. The van der Waals surface area contributed by atoms with Crippen LogP contribution in [0.3, 0.4) is 0 Å². The van der Waals surface area contributed by atoms with Gasteiger partial charge in [0, 0.05) is 21.8 Å². The standard InChI is InChI=1S/C20H30N2.C2H6/c1-6-13-20(14-9-8-10-15-20)22-17(5)11-12-18(7-2)19(22)21-16(3)4;1-2/h7,11-12H,3,5-6,8-10,13-15H2,1-2,4H3;1-2H3/b18-7-,21-19?;. The van der Waals surface area contributed by atoms with E-state index in [2.05, 4.69) is 49.8 Å². The first kappa shape index (κ1) is 20.5. The molecule has 2 rings (SSSR count). The van der Waals surface area contributed by atoms with Gasteiger partial charge in [0.15, 0.2) is 0 Å². The lowest BCUT2D eigenvalue weighted by molar-refractivity contribution is 0.165. The minimum atomic E-state index is 0.178. The molecule has 0 spiro atoms. The van der Waals surface area contributed by atoms with Crippen LogP contribution in [-0.2, 0) is 5.54 Å². The van der Waals surface area contributed by atoms with Gasteiger partial charge in [-0.15, -0.1) is 0 Å². The van der Waals surface area contributed by atoms with Crippen molar-refractivity contribution >= 4 is 12.7 Å². The van der Waals surface area contributed by atoms with Gasteiger partial charge in [0.25, 0.3) is 0 Å². The summed E-state index contributed by atoms with van der Waals surface area (Å²) in [6.07, 6.45) is 11.0. The lowest BCUT2D eigenvalue weighted by atomic mass is 9.78. The Morgan fingerprint density at radius 2 is 1.88 bits per heavy atom. The second kappa shape index (κ2) is 9.66. The van der Waals surface area contributed by atoms with Gasteiger partial charge in [-0.2, -0.15) is 0 Å². The molecule has 24 heavy (non-hydrogen) atoms. The molecule has 0 atom stereocenters. The van der Waals surface area contributed by atoms with E-state index in [0.717, 1.165) is 16.5 Å². The lowest BCUT2D eigenvalue weighted by Crippen LogP contribution is -2.54. The molecule has 0 saturated heterocycles. The lowest BCUT2D eigenvalue weighted by Gasteiger charge is -2.40. The summed E-state index contributed by atoms with van der Waals surface area (Å²) in [6.45, 7) is 18.6. The van der Waals surface area contributed by atoms with Gasteiger partial charge in [-0.25, -0.2) is 4.99 Å². The first-order valence-corrected chi connectivity index (χ1v) is 9.62. The summed E-state index contributed by atoms with van der Waals surface area (Å²) in [5, 5.41) is 2.25. The third kappa shape index (κ3) is 4.49. The molecule has 1 saturated carbocycles. The molecule has 0 bridgehead atoms. The Balaban J connectivity index is 0.00000139. The van der Waals surface area contributed by atoms with Crippen LogP contribution < -0.4 is 16.1 Å². The van der Waals surface area contributed by atoms with Gasteiger partial charge in [-0.05, 0) is 45.2 Å². The SMILES string of the molecule is C=C(C)N=c1/c(=C\C)ccc(=C)n1C1(CCC)CCCCC1.CC. The molecular weight excluding hydrogens is 292 g/mol. The maximum atomic E-state index is 4.79. The molecule has 2 nitrogen and oxygen atoms in total. The molecule has 0 N–H and O–H groups in total. The van der Waals surface area contributed by atoms with Crippen LogP contribution in [0.5, 0.6) is 0 Å². The highest BCUT2D eigenvalue weighted by molar-refractivity contribution is 5.20. The molecule has 0 radical (unpaired) electrons. The molecule has 0 amide bonds. The quantitative estimate of drug-likeness (QED) is 0.767. The van der Waals surface area contributed by atoms with E-state index in [1.54, 1.807) is 0 Å². The zero-order chi connectivity index (χ0) is 18.2. The maximum absolute atomic E-state index is 4.79. The van der Waals surface area contributed by atoms with Gasteiger partial charge in [-0.3, -0.25) is 0 Å². The van der Waals surface area contributed by atoms with Crippen LogP contribution in [0.4, 0.5) is 0 Å². The average Bonchev–Trinajstić information content (AvgIpc) is 2.57. The number of pyridine rings is 1. The predicted octanol–water partition coefficient (Wildman–Crippen LogP) is 4.62. The smallest absolute Gasteiger partial charge is 0.140 e. The van der Waals surface area contributed by atoms with Gasteiger partial charge in [0.2, 0.25) is 0 Å². The summed E-state index contributed by atoms with van der Waals surface area (Å²) in [5.41, 5.74) is 2.07. The fourth-order valence-corrected chi connectivity index (χ4v) is 3.91. The molecule has 1 fully saturated rings. The Morgan fingerprint density at radius 1 is 1.25 bits per heavy atom. The number of hydrogen-bond donors (Lipinski definition) is 0. The first-order chi connectivity index (χ1) is 11.5. The minimum Gasteiger partial charge on any atom is -0.320 e. The average molecular weight is 329 g/mol. The van der Waals surface area contributed by atoms with Crippen molar-refractivity contribution in [3.05, 3.63) is 40.5 Å². The van der Waals surface area contributed by atoms with Crippen molar-refractivity contribution < 1.29 is 0 Å². The third-order valence-electron chi connectivity index (χ3n) is 4.79. The normalized spacial score (nSPS) is 18.0. The summed E-state index contributed by atoms with van der Waals surface area (Å²) in [4.78, 5) is 4.79. The number of nitrogens with zero attached hydrogens (tertiary/aromatic N) is 2.